The summed E-state index contributed by atoms with van der Waals surface area (Å²) in [5, 5.41) is 2.57. The molecule has 0 aliphatic carbocycles. The van der Waals surface area contributed by atoms with Crippen LogP contribution < -0.4 is 0 Å². The van der Waals surface area contributed by atoms with Crippen LogP contribution in [-0.4, -0.2) is 15.0 Å². The van der Waals surface area contributed by atoms with Crippen LogP contribution >= 0.6 is 0 Å². The summed E-state index contributed by atoms with van der Waals surface area (Å²) in [6.45, 7) is -12.0. The van der Waals surface area contributed by atoms with Crippen molar-refractivity contribution in [3.05, 3.63) is 174 Å². The summed E-state index contributed by atoms with van der Waals surface area (Å²) < 4.78 is 124. The number of pyridine rings is 3. The first kappa shape index (κ1) is 21.7. The van der Waals surface area contributed by atoms with Crippen LogP contribution in [0.15, 0.2) is 138 Å². The summed E-state index contributed by atoms with van der Waals surface area (Å²) in [5.74, 6) is 0. The molecule has 0 spiro atoms. The molecule has 53 heavy (non-hydrogen) atoms. The second kappa shape index (κ2) is 15.1. The summed E-state index contributed by atoms with van der Waals surface area (Å²) in [5.41, 5.74) is 4.48. The fourth-order valence-electron chi connectivity index (χ4n) is 6.27. The van der Waals surface area contributed by atoms with Gasteiger partial charge in [0.2, 0.25) is 5.71 Å². The fourth-order valence-corrected chi connectivity index (χ4v) is 6.27. The summed E-state index contributed by atoms with van der Waals surface area (Å²) in [6.07, 6.45) is 2.55. The van der Waals surface area contributed by atoms with E-state index in [-0.39, 0.29) is 64.9 Å². The number of aromatic nitrogens is 3. The van der Waals surface area contributed by atoms with E-state index in [2.05, 4.69) is 27.1 Å². The Kier molecular flexibility index (Phi) is 6.18. The molecule has 5 heteroatoms. The second-order valence-corrected chi connectivity index (χ2v) is 12.0. The Hall–Kier alpha value is -5.74. The number of furan rings is 1. The third-order valence-corrected chi connectivity index (χ3v) is 8.71. The third kappa shape index (κ3) is 7.06. The van der Waals surface area contributed by atoms with Crippen LogP contribution in [0.1, 0.15) is 48.5 Å². The molecule has 1 radical (unpaired) electrons. The zero-order valence-corrected chi connectivity index (χ0v) is 30.2. The zero-order chi connectivity index (χ0) is 48.3. The Morgan fingerprint density at radius 2 is 1.42 bits per heavy atom. The van der Waals surface area contributed by atoms with Gasteiger partial charge in [-0.05, 0) is 101 Å². The largest absolute Gasteiger partial charge is 0.486 e. The minimum Gasteiger partial charge on any atom is -0.486 e. The Balaban J connectivity index is 0.000000274. The average molecular weight is 879 g/mol. The molecule has 4 nitrogen and oxygen atoms in total. The Labute approximate surface area is 345 Å². The molecule has 4 heterocycles. The molecule has 0 saturated carbocycles. The average Bonchev–Trinajstić information content (AvgIpc) is 3.66. The number of aryl methyl sites for hydroxylation is 5. The Morgan fingerprint density at radius 1 is 0.604 bits per heavy atom. The van der Waals surface area contributed by atoms with Crippen molar-refractivity contribution < 1.29 is 45.1 Å². The van der Waals surface area contributed by atoms with Gasteiger partial charge in [-0.25, -0.2) is 4.98 Å². The van der Waals surface area contributed by atoms with Crippen molar-refractivity contribution in [2.45, 2.75) is 34.3 Å². The van der Waals surface area contributed by atoms with E-state index in [9.17, 15) is 0 Å². The summed E-state index contributed by atoms with van der Waals surface area (Å²) in [7, 11) is 0. The van der Waals surface area contributed by atoms with Gasteiger partial charge in [-0.1, -0.05) is 96.7 Å². The van der Waals surface area contributed by atoms with Crippen molar-refractivity contribution in [2.75, 3.05) is 0 Å². The first-order valence-corrected chi connectivity index (χ1v) is 16.3. The molecule has 0 atom stereocenters. The van der Waals surface area contributed by atoms with Crippen molar-refractivity contribution in [3.8, 4) is 44.8 Å². The number of hydrogen-bond acceptors (Lipinski definition) is 4. The SMILES string of the molecule is [2H]C([2H])([2H])c1c[c-]c(-c2ccc(C([2H])([2H])[2H])cn2)cc1.[2H]C([2H])([2H])c1ccc2c(n1)oc1c(-c3cc(-c4c(C([2H])([2H])[2H])cc(-c5ccccc5)c5ccccc45)c(C([2H])([2H])[2H])cn3)[c-]ccc12.[Ir]. The summed E-state index contributed by atoms with van der Waals surface area (Å²) in [4.78, 5) is 12.8. The van der Waals surface area contributed by atoms with Gasteiger partial charge >= 0.3 is 0 Å². The summed E-state index contributed by atoms with van der Waals surface area (Å²) >= 11 is 0. The molecule has 0 bridgehead atoms. The molecular formula is C48H37IrN3O-2. The van der Waals surface area contributed by atoms with E-state index in [4.69, 9.17) is 25.0 Å². The van der Waals surface area contributed by atoms with Crippen molar-refractivity contribution in [1.29, 1.82) is 0 Å². The Bertz CT molecular complexity index is 3210. The topological polar surface area (TPSA) is 51.8 Å². The molecule has 0 aliphatic rings. The van der Waals surface area contributed by atoms with Gasteiger partial charge in [-0.15, -0.1) is 53.6 Å². The Morgan fingerprint density at radius 3 is 2.17 bits per heavy atom. The van der Waals surface area contributed by atoms with Crippen LogP contribution in [0, 0.1) is 46.4 Å². The van der Waals surface area contributed by atoms with Crippen molar-refractivity contribution >= 4 is 32.8 Å². The molecule has 9 rings (SSSR count). The predicted molar refractivity (Wildman–Crippen MR) is 214 cm³/mol. The quantitative estimate of drug-likeness (QED) is 0.165. The van der Waals surface area contributed by atoms with E-state index in [0.717, 1.165) is 10.9 Å². The number of hydrogen-bond donors (Lipinski definition) is 0. The number of fused-ring (bicyclic) bond motifs is 4. The van der Waals surface area contributed by atoms with Gasteiger partial charge in [0, 0.05) is 64.1 Å². The number of benzene rings is 5. The van der Waals surface area contributed by atoms with Gasteiger partial charge in [-0.3, -0.25) is 0 Å². The van der Waals surface area contributed by atoms with E-state index >= 15 is 0 Å². The van der Waals surface area contributed by atoms with Crippen molar-refractivity contribution in [1.82, 2.24) is 15.0 Å². The first-order valence-electron chi connectivity index (χ1n) is 23.8. The molecule has 9 aromatic rings. The van der Waals surface area contributed by atoms with Crippen LogP contribution in [0.2, 0.25) is 0 Å². The molecule has 0 amide bonds. The van der Waals surface area contributed by atoms with Gasteiger partial charge in [0.1, 0.15) is 0 Å². The second-order valence-electron chi connectivity index (χ2n) is 12.0. The third-order valence-electron chi connectivity index (χ3n) is 8.71. The molecule has 0 saturated heterocycles. The van der Waals surface area contributed by atoms with E-state index in [1.807, 2.05) is 42.5 Å². The molecule has 0 N–H and O–H groups in total. The smallest absolute Gasteiger partial charge is 0.216 e. The van der Waals surface area contributed by atoms with Crippen LogP contribution in [-0.2, 0) is 20.1 Å². The van der Waals surface area contributed by atoms with Crippen molar-refractivity contribution in [2.24, 2.45) is 0 Å². The van der Waals surface area contributed by atoms with Crippen molar-refractivity contribution in [3.63, 3.8) is 0 Å². The predicted octanol–water partition coefficient (Wildman–Crippen LogP) is 12.4. The molecule has 0 aliphatic heterocycles. The van der Waals surface area contributed by atoms with Gasteiger partial charge in [0.05, 0.1) is 5.58 Å². The minimum absolute atomic E-state index is 0. The molecule has 4 aromatic heterocycles. The van der Waals surface area contributed by atoms with Crippen LogP contribution in [0.4, 0.5) is 0 Å². The van der Waals surface area contributed by atoms with Gasteiger partial charge in [-0.2, -0.15) is 0 Å². The van der Waals surface area contributed by atoms with Gasteiger partial charge in [0.15, 0.2) is 0 Å². The molecule has 5 aromatic carbocycles. The molecular weight excluding hydrogens is 827 g/mol. The standard InChI is InChI=1S/C35H25N2O.C13H12N.Ir/c1-21-18-31(24-10-5-4-6-11-24)25-12-7-8-13-26(25)33(21)30-19-32(36-20-22(30)2)29-15-9-14-27-28-17-16-23(3)37-35(28)38-34(27)29;1-10-3-6-12(7-4-10)13-8-5-11(2)9-14-13;/h4-14,16-20H,1-3H3;3-6,8-9H,1-2H3;/q2*-1;/i1D3,2D3,3D3;1D3,2D3;. The van der Waals surface area contributed by atoms with Crippen LogP contribution in [0.5, 0.6) is 0 Å². The maximum absolute atomic E-state index is 8.58. The van der Waals surface area contributed by atoms with Gasteiger partial charge < -0.3 is 14.4 Å². The number of nitrogens with zero attached hydrogens (tertiary/aromatic N) is 3. The molecule has 0 fully saturated rings. The monoisotopic (exact) mass is 879 g/mol. The first-order chi connectivity index (χ1) is 31.4. The maximum atomic E-state index is 8.58. The molecule has 0 unspecified atom stereocenters. The van der Waals surface area contributed by atoms with E-state index < -0.39 is 34.3 Å². The van der Waals surface area contributed by atoms with Crippen LogP contribution in [0.3, 0.4) is 0 Å². The maximum Gasteiger partial charge on any atom is 0.216 e. The number of rotatable bonds is 4. The summed E-state index contributed by atoms with van der Waals surface area (Å²) in [6, 6.07) is 40.1. The normalized spacial score (nSPS) is 16.3. The minimum atomic E-state index is -2.63. The molecule has 261 valence electrons. The van der Waals surface area contributed by atoms with Gasteiger partial charge in [0.25, 0.3) is 0 Å². The van der Waals surface area contributed by atoms with E-state index in [0.29, 0.717) is 49.8 Å². The van der Waals surface area contributed by atoms with Crippen LogP contribution in [0.25, 0.3) is 77.6 Å². The van der Waals surface area contributed by atoms with E-state index in [1.165, 1.54) is 36.7 Å². The zero-order valence-electron chi connectivity index (χ0n) is 42.8. The van der Waals surface area contributed by atoms with E-state index in [1.54, 1.807) is 54.6 Å². The fraction of sp³-hybridized carbons (Fsp3) is 0.104.